The Morgan fingerprint density at radius 3 is 2.33 bits per heavy atom. The number of hydrogen-bond donors (Lipinski definition) is 1. The average molecular weight is 255 g/mol. The maximum Gasteiger partial charge on any atom is 0.0886 e. The van der Waals surface area contributed by atoms with E-state index in [0.29, 0.717) is 19.3 Å². The van der Waals surface area contributed by atoms with Gasteiger partial charge in [0, 0.05) is 11.5 Å². The Balaban J connectivity index is 2.09. The largest absolute Gasteiger partial charge is 0.391 e. The monoisotopic (exact) mass is 255 g/mol. The molecular formula is C12H21N3O3. The molecular weight excluding hydrogens is 234 g/mol. The Bertz CT molecular complexity index is 295. The Hall–Kier alpha value is -0.880. The van der Waals surface area contributed by atoms with Crippen molar-refractivity contribution in [1.82, 2.24) is 4.90 Å². The van der Waals surface area contributed by atoms with E-state index in [0.717, 1.165) is 25.9 Å². The summed E-state index contributed by atoms with van der Waals surface area (Å²) in [7, 11) is 0. The van der Waals surface area contributed by atoms with Crippen LogP contribution in [0.15, 0.2) is 10.4 Å². The van der Waals surface area contributed by atoms with E-state index in [1.54, 1.807) is 0 Å². The number of hydrogen-bond acceptors (Lipinski definition) is 6. The topological polar surface area (TPSA) is 82.3 Å². The molecule has 2 aliphatic rings. The van der Waals surface area contributed by atoms with Gasteiger partial charge in [0.2, 0.25) is 0 Å². The lowest BCUT2D eigenvalue weighted by atomic mass is 9.70. The number of nitrogens with zero attached hydrogens (tertiary/aromatic N) is 3. The van der Waals surface area contributed by atoms with Gasteiger partial charge < -0.3 is 5.11 Å². The van der Waals surface area contributed by atoms with Gasteiger partial charge in [-0.1, -0.05) is 10.4 Å². The summed E-state index contributed by atoms with van der Waals surface area (Å²) in [4.78, 5) is 23.5. The zero-order valence-corrected chi connectivity index (χ0v) is 10.6. The number of aliphatic hydroxyl groups is 1. The van der Waals surface area contributed by atoms with Crippen molar-refractivity contribution >= 4 is 0 Å². The van der Waals surface area contributed by atoms with Gasteiger partial charge in [-0.2, -0.15) is 9.81 Å². The molecule has 1 aliphatic heterocycles. The van der Waals surface area contributed by atoms with Crippen LogP contribution < -0.4 is 0 Å². The predicted molar refractivity (Wildman–Crippen MR) is 68.2 cm³/mol. The van der Waals surface area contributed by atoms with Crippen molar-refractivity contribution in [2.24, 2.45) is 15.8 Å². The third kappa shape index (κ3) is 2.75. The van der Waals surface area contributed by atoms with Gasteiger partial charge in [0.1, 0.15) is 0 Å². The summed E-state index contributed by atoms with van der Waals surface area (Å²) < 4.78 is 0. The van der Waals surface area contributed by atoms with Crippen LogP contribution in [0.4, 0.5) is 0 Å². The van der Waals surface area contributed by atoms with Crippen molar-refractivity contribution in [2.45, 2.75) is 44.2 Å². The molecule has 0 amide bonds. The molecule has 0 radical (unpaired) electrons. The fraction of sp³-hybridized carbons (Fsp3) is 1.00. The van der Waals surface area contributed by atoms with Gasteiger partial charge in [0.25, 0.3) is 0 Å². The molecule has 2 atom stereocenters. The third-order valence-electron chi connectivity index (χ3n) is 4.47. The van der Waals surface area contributed by atoms with E-state index in [9.17, 15) is 14.9 Å². The molecule has 0 aromatic heterocycles. The second kappa shape index (κ2) is 5.84. The van der Waals surface area contributed by atoms with E-state index < -0.39 is 5.41 Å². The molecule has 0 aromatic carbocycles. The van der Waals surface area contributed by atoms with E-state index in [1.165, 1.54) is 0 Å². The summed E-state index contributed by atoms with van der Waals surface area (Å²) in [5, 5.41) is 16.1. The normalized spacial score (nSPS) is 32.3. The van der Waals surface area contributed by atoms with Crippen LogP contribution in [0.3, 0.4) is 0 Å². The minimum atomic E-state index is -0.421. The predicted octanol–water partition coefficient (Wildman–Crippen LogP) is 1.51. The fourth-order valence-corrected chi connectivity index (χ4v) is 3.38. The SMILES string of the molecule is O=NCC1(CN=O)CC[C@@H](O)[C@H](N2CCCC2)C1. The molecule has 0 spiro atoms. The van der Waals surface area contributed by atoms with Gasteiger partial charge >= 0.3 is 0 Å². The first-order valence-corrected chi connectivity index (χ1v) is 6.71. The van der Waals surface area contributed by atoms with Gasteiger partial charge in [0.05, 0.1) is 19.2 Å². The quantitative estimate of drug-likeness (QED) is 0.755. The van der Waals surface area contributed by atoms with Crippen LogP contribution in [-0.4, -0.2) is 48.3 Å². The first-order chi connectivity index (χ1) is 8.71. The molecule has 0 bridgehead atoms. The molecule has 1 aliphatic carbocycles. The van der Waals surface area contributed by atoms with Gasteiger partial charge in [0.15, 0.2) is 0 Å². The van der Waals surface area contributed by atoms with Crippen molar-refractivity contribution in [3.05, 3.63) is 9.81 Å². The summed E-state index contributed by atoms with van der Waals surface area (Å²) >= 11 is 0. The van der Waals surface area contributed by atoms with Crippen LogP contribution >= 0.6 is 0 Å². The second-order valence-electron chi connectivity index (χ2n) is 5.69. The van der Waals surface area contributed by atoms with Crippen LogP contribution in [0, 0.1) is 15.2 Å². The van der Waals surface area contributed by atoms with E-state index in [1.807, 2.05) is 0 Å². The Kier molecular flexibility index (Phi) is 4.40. The van der Waals surface area contributed by atoms with Crippen LogP contribution in [0.25, 0.3) is 0 Å². The van der Waals surface area contributed by atoms with Crippen LogP contribution in [0.1, 0.15) is 32.1 Å². The highest BCUT2D eigenvalue weighted by Gasteiger charge is 2.43. The fourth-order valence-electron chi connectivity index (χ4n) is 3.38. The standard InChI is InChI=1S/C12H21N3O3/c16-11-3-4-12(8-13-17,9-14-18)7-10(11)15-5-1-2-6-15/h10-11,16H,1-9H2/t10-,11-/m1/s1. The van der Waals surface area contributed by atoms with E-state index in [2.05, 4.69) is 15.3 Å². The summed E-state index contributed by atoms with van der Waals surface area (Å²) in [6, 6.07) is 0.0600. The van der Waals surface area contributed by atoms with Crippen molar-refractivity contribution in [3.8, 4) is 0 Å². The first kappa shape index (κ1) is 13.5. The molecule has 1 saturated heterocycles. The zero-order chi connectivity index (χ0) is 13.0. The lowest BCUT2D eigenvalue weighted by molar-refractivity contribution is -0.0138. The van der Waals surface area contributed by atoms with Crippen LogP contribution in [-0.2, 0) is 0 Å². The average Bonchev–Trinajstić information content (AvgIpc) is 2.87. The number of likely N-dealkylation sites (tertiary alicyclic amines) is 1. The van der Waals surface area contributed by atoms with E-state index >= 15 is 0 Å². The van der Waals surface area contributed by atoms with E-state index in [4.69, 9.17) is 0 Å². The molecule has 0 aromatic rings. The van der Waals surface area contributed by atoms with Gasteiger partial charge in [-0.3, -0.25) is 4.90 Å². The molecule has 2 fully saturated rings. The lowest BCUT2D eigenvalue weighted by Crippen LogP contribution is -2.51. The summed E-state index contributed by atoms with van der Waals surface area (Å²) in [5.41, 5.74) is -0.421. The van der Waals surface area contributed by atoms with Crippen molar-refractivity contribution in [3.63, 3.8) is 0 Å². The summed E-state index contributed by atoms with van der Waals surface area (Å²) in [5.74, 6) is 0. The van der Waals surface area contributed by atoms with Gasteiger partial charge in [-0.15, -0.1) is 0 Å². The minimum absolute atomic E-state index is 0.0600. The van der Waals surface area contributed by atoms with E-state index in [-0.39, 0.29) is 25.2 Å². The zero-order valence-electron chi connectivity index (χ0n) is 10.6. The number of nitroso groups, excluding NO2 is 2. The molecule has 18 heavy (non-hydrogen) atoms. The molecule has 1 N–H and O–H groups in total. The molecule has 6 nitrogen and oxygen atoms in total. The summed E-state index contributed by atoms with van der Waals surface area (Å²) in [6.07, 6.45) is 3.92. The maximum absolute atomic E-state index is 10.6. The van der Waals surface area contributed by atoms with Crippen molar-refractivity contribution < 1.29 is 5.11 Å². The van der Waals surface area contributed by atoms with Gasteiger partial charge in [-0.25, -0.2) is 0 Å². The third-order valence-corrected chi connectivity index (χ3v) is 4.47. The lowest BCUT2D eigenvalue weighted by Gasteiger charge is -2.44. The van der Waals surface area contributed by atoms with Crippen LogP contribution in [0.5, 0.6) is 0 Å². The molecule has 6 heteroatoms. The van der Waals surface area contributed by atoms with Gasteiger partial charge in [-0.05, 0) is 45.2 Å². The highest BCUT2D eigenvalue weighted by Crippen LogP contribution is 2.40. The second-order valence-corrected chi connectivity index (χ2v) is 5.69. The minimum Gasteiger partial charge on any atom is -0.391 e. The van der Waals surface area contributed by atoms with Crippen LogP contribution in [0.2, 0.25) is 0 Å². The Morgan fingerprint density at radius 1 is 1.17 bits per heavy atom. The Morgan fingerprint density at radius 2 is 1.78 bits per heavy atom. The number of aliphatic hydroxyl groups excluding tert-OH is 1. The molecule has 0 unspecified atom stereocenters. The first-order valence-electron chi connectivity index (χ1n) is 6.71. The maximum atomic E-state index is 10.6. The highest BCUT2D eigenvalue weighted by atomic mass is 16.3. The highest BCUT2D eigenvalue weighted by molar-refractivity contribution is 4.97. The van der Waals surface area contributed by atoms with Crippen molar-refractivity contribution in [1.29, 1.82) is 0 Å². The summed E-state index contributed by atoms with van der Waals surface area (Å²) in [6.45, 7) is 2.27. The smallest absolute Gasteiger partial charge is 0.0886 e. The Labute approximate surface area is 107 Å². The molecule has 2 rings (SSSR count). The van der Waals surface area contributed by atoms with Crippen molar-refractivity contribution in [2.75, 3.05) is 26.2 Å². The number of rotatable bonds is 5. The molecule has 1 saturated carbocycles. The molecule has 1 heterocycles. The molecule has 102 valence electrons.